The number of aromatic nitrogens is 2. The summed E-state index contributed by atoms with van der Waals surface area (Å²) < 4.78 is 3.19. The summed E-state index contributed by atoms with van der Waals surface area (Å²) in [7, 11) is 5.69. The maximum atomic E-state index is 5.69. The zero-order valence-electron chi connectivity index (χ0n) is 8.97. The Kier molecular flexibility index (Phi) is 2.66. The highest BCUT2D eigenvalue weighted by Crippen LogP contribution is 2.24. The second kappa shape index (κ2) is 4.18. The summed E-state index contributed by atoms with van der Waals surface area (Å²) in [5.74, 6) is 0. The van der Waals surface area contributed by atoms with E-state index in [4.69, 9.17) is 7.85 Å². The predicted octanol–water partition coefficient (Wildman–Crippen LogP) is 2.40. The third-order valence-corrected chi connectivity index (χ3v) is 3.69. The molecule has 0 spiro atoms. The molecular formula is C13H8BIN2. The van der Waals surface area contributed by atoms with Crippen molar-refractivity contribution in [3.63, 3.8) is 0 Å². The lowest BCUT2D eigenvalue weighted by Gasteiger charge is -1.99. The summed E-state index contributed by atoms with van der Waals surface area (Å²) in [5, 5.41) is 0. The van der Waals surface area contributed by atoms with E-state index in [2.05, 4.69) is 32.0 Å². The monoisotopic (exact) mass is 330 g/mol. The topological polar surface area (TPSA) is 17.3 Å². The quantitative estimate of drug-likeness (QED) is 0.495. The summed E-state index contributed by atoms with van der Waals surface area (Å²) >= 11 is 2.32. The molecule has 0 atom stereocenters. The molecule has 0 fully saturated rings. The van der Waals surface area contributed by atoms with E-state index in [0.717, 1.165) is 26.1 Å². The third kappa shape index (κ3) is 1.86. The van der Waals surface area contributed by atoms with Crippen LogP contribution in [-0.4, -0.2) is 17.2 Å². The van der Waals surface area contributed by atoms with Gasteiger partial charge in [0.2, 0.25) is 0 Å². The van der Waals surface area contributed by atoms with E-state index < -0.39 is 0 Å². The van der Waals surface area contributed by atoms with E-state index >= 15 is 0 Å². The van der Waals surface area contributed by atoms with Crippen LogP contribution in [0.2, 0.25) is 0 Å². The van der Waals surface area contributed by atoms with Crippen LogP contribution >= 0.6 is 22.6 Å². The molecule has 2 nitrogen and oxygen atoms in total. The van der Waals surface area contributed by atoms with Gasteiger partial charge in [0.25, 0.3) is 0 Å². The Morgan fingerprint density at radius 1 is 1.06 bits per heavy atom. The van der Waals surface area contributed by atoms with Crippen LogP contribution in [0.3, 0.4) is 0 Å². The molecule has 80 valence electrons. The average molecular weight is 330 g/mol. The first kappa shape index (κ1) is 10.8. The van der Waals surface area contributed by atoms with Crippen molar-refractivity contribution in [2.75, 3.05) is 0 Å². The molecule has 3 rings (SSSR count). The van der Waals surface area contributed by atoms with Crippen LogP contribution in [0.4, 0.5) is 0 Å². The normalized spacial score (nSPS) is 10.9. The number of pyridine rings is 1. The van der Waals surface area contributed by atoms with E-state index in [1.807, 2.05) is 48.7 Å². The van der Waals surface area contributed by atoms with Crippen molar-refractivity contribution in [3.05, 3.63) is 52.4 Å². The number of hydrogen-bond donors (Lipinski definition) is 0. The highest BCUT2D eigenvalue weighted by Gasteiger charge is 2.10. The number of hydrogen-bond acceptors (Lipinski definition) is 1. The van der Waals surface area contributed by atoms with Crippen LogP contribution in [0.1, 0.15) is 0 Å². The summed E-state index contributed by atoms with van der Waals surface area (Å²) in [4.78, 5) is 4.63. The van der Waals surface area contributed by atoms with Gasteiger partial charge >= 0.3 is 0 Å². The van der Waals surface area contributed by atoms with Crippen molar-refractivity contribution in [1.29, 1.82) is 0 Å². The lowest BCUT2D eigenvalue weighted by atomic mass is 9.95. The minimum Gasteiger partial charge on any atom is -0.294 e. The largest absolute Gasteiger partial charge is 0.294 e. The molecule has 0 aliphatic rings. The fourth-order valence-electron chi connectivity index (χ4n) is 1.79. The van der Waals surface area contributed by atoms with Gasteiger partial charge in [0.15, 0.2) is 0 Å². The third-order valence-electron chi connectivity index (χ3n) is 2.66. The number of fused-ring (bicyclic) bond motifs is 1. The highest BCUT2D eigenvalue weighted by atomic mass is 127. The Hall–Kier alpha value is -1.30. The molecule has 2 heterocycles. The lowest BCUT2D eigenvalue weighted by molar-refractivity contribution is 1.15. The van der Waals surface area contributed by atoms with Crippen LogP contribution in [0, 0.1) is 3.70 Å². The molecule has 0 saturated carbocycles. The first-order valence-corrected chi connectivity index (χ1v) is 6.32. The van der Waals surface area contributed by atoms with Crippen molar-refractivity contribution in [3.8, 4) is 11.3 Å². The number of rotatable bonds is 1. The Balaban J connectivity index is 2.24. The van der Waals surface area contributed by atoms with E-state index in [1.165, 1.54) is 0 Å². The maximum absolute atomic E-state index is 5.69. The van der Waals surface area contributed by atoms with Crippen molar-refractivity contribution in [2.24, 2.45) is 0 Å². The maximum Gasteiger partial charge on any atom is 0.138 e. The van der Waals surface area contributed by atoms with E-state index in [-0.39, 0.29) is 0 Å². The minimum absolute atomic E-state index is 0.771. The molecule has 2 aromatic heterocycles. The Bertz CT molecular complexity index is 673. The summed E-state index contributed by atoms with van der Waals surface area (Å²) in [6.07, 6.45) is 2.02. The molecule has 2 radical (unpaired) electrons. The number of halogens is 1. The molecule has 0 N–H and O–H groups in total. The minimum atomic E-state index is 0.771. The van der Waals surface area contributed by atoms with E-state index in [0.29, 0.717) is 0 Å². The number of benzene rings is 1. The SMILES string of the molecule is [B]c1ccc(-c2nc3ccccn3c2I)cc1. The van der Waals surface area contributed by atoms with Gasteiger partial charge in [0.05, 0.1) is 0 Å². The van der Waals surface area contributed by atoms with E-state index in [9.17, 15) is 0 Å². The molecule has 0 aliphatic heterocycles. The molecule has 17 heavy (non-hydrogen) atoms. The van der Waals surface area contributed by atoms with Crippen LogP contribution < -0.4 is 5.46 Å². The predicted molar refractivity (Wildman–Crippen MR) is 78.7 cm³/mol. The summed E-state index contributed by atoms with van der Waals surface area (Å²) in [6, 6.07) is 13.8. The van der Waals surface area contributed by atoms with E-state index in [1.54, 1.807) is 0 Å². The van der Waals surface area contributed by atoms with Gasteiger partial charge in [-0.25, -0.2) is 4.98 Å². The molecule has 3 aromatic rings. The molecule has 0 aliphatic carbocycles. The molecule has 0 amide bonds. The van der Waals surface area contributed by atoms with Gasteiger partial charge in [-0.2, -0.15) is 0 Å². The Morgan fingerprint density at radius 2 is 1.82 bits per heavy atom. The van der Waals surface area contributed by atoms with Crippen molar-refractivity contribution >= 4 is 41.5 Å². The molecule has 0 unspecified atom stereocenters. The first-order chi connectivity index (χ1) is 8.25. The molecule has 4 heteroatoms. The molecular weight excluding hydrogens is 322 g/mol. The summed E-state index contributed by atoms with van der Waals surface area (Å²) in [6.45, 7) is 0. The Labute approximate surface area is 114 Å². The lowest BCUT2D eigenvalue weighted by Crippen LogP contribution is -1.99. The van der Waals surface area contributed by atoms with Gasteiger partial charge in [-0.05, 0) is 34.7 Å². The van der Waals surface area contributed by atoms with Crippen molar-refractivity contribution in [2.45, 2.75) is 0 Å². The van der Waals surface area contributed by atoms with Crippen LogP contribution in [-0.2, 0) is 0 Å². The average Bonchev–Trinajstić information content (AvgIpc) is 2.69. The molecule has 0 bridgehead atoms. The fraction of sp³-hybridized carbons (Fsp3) is 0. The van der Waals surface area contributed by atoms with Gasteiger partial charge in [-0.1, -0.05) is 35.8 Å². The molecule has 1 aromatic carbocycles. The van der Waals surface area contributed by atoms with Crippen LogP contribution in [0.15, 0.2) is 48.7 Å². The Morgan fingerprint density at radius 3 is 2.53 bits per heavy atom. The summed E-state index contributed by atoms with van der Waals surface area (Å²) in [5.41, 5.74) is 3.82. The molecule has 0 saturated heterocycles. The highest BCUT2D eigenvalue weighted by molar-refractivity contribution is 14.1. The number of imidazole rings is 1. The second-order valence-electron chi connectivity index (χ2n) is 3.80. The first-order valence-electron chi connectivity index (χ1n) is 5.24. The van der Waals surface area contributed by atoms with Gasteiger partial charge in [0.1, 0.15) is 22.9 Å². The second-order valence-corrected chi connectivity index (χ2v) is 4.82. The fourth-order valence-corrected chi connectivity index (χ4v) is 2.63. The van der Waals surface area contributed by atoms with Gasteiger partial charge in [0, 0.05) is 11.8 Å². The standard InChI is InChI=1S/C13H8BIN2/c14-10-6-4-9(5-7-10)12-13(15)17-8-2-1-3-11(17)16-12/h1-8H. The zero-order chi connectivity index (χ0) is 11.8. The van der Waals surface area contributed by atoms with Gasteiger partial charge < -0.3 is 0 Å². The van der Waals surface area contributed by atoms with Crippen molar-refractivity contribution < 1.29 is 0 Å². The van der Waals surface area contributed by atoms with Crippen LogP contribution in [0.5, 0.6) is 0 Å². The number of nitrogens with zero attached hydrogens (tertiary/aromatic N) is 2. The van der Waals surface area contributed by atoms with Gasteiger partial charge in [-0.15, -0.1) is 0 Å². The van der Waals surface area contributed by atoms with Crippen LogP contribution in [0.25, 0.3) is 16.9 Å². The zero-order valence-corrected chi connectivity index (χ0v) is 11.1. The van der Waals surface area contributed by atoms with Crippen molar-refractivity contribution in [1.82, 2.24) is 9.38 Å². The smallest absolute Gasteiger partial charge is 0.138 e. The van der Waals surface area contributed by atoms with Gasteiger partial charge in [-0.3, -0.25) is 4.40 Å².